The molecule has 0 unspecified atom stereocenters. The van der Waals surface area contributed by atoms with Crippen LogP contribution < -0.4 is 5.32 Å². The maximum absolute atomic E-state index is 12.2. The fourth-order valence-corrected chi connectivity index (χ4v) is 1.61. The second-order valence-corrected chi connectivity index (χ2v) is 5.62. The number of hydrogen-bond acceptors (Lipinski definition) is 3. The summed E-state index contributed by atoms with van der Waals surface area (Å²) >= 11 is 0. The van der Waals surface area contributed by atoms with Crippen LogP contribution in [0.4, 0.5) is 0 Å². The molecule has 0 aromatic carbocycles. The van der Waals surface area contributed by atoms with E-state index in [4.69, 9.17) is 0 Å². The fourth-order valence-electron chi connectivity index (χ4n) is 1.61. The summed E-state index contributed by atoms with van der Waals surface area (Å²) in [6.45, 7) is 7.74. The van der Waals surface area contributed by atoms with Crippen molar-refractivity contribution in [2.24, 2.45) is 7.05 Å². The highest BCUT2D eigenvalue weighted by Gasteiger charge is 2.23. The summed E-state index contributed by atoms with van der Waals surface area (Å²) in [6, 6.07) is 1.89. The van der Waals surface area contributed by atoms with Crippen LogP contribution in [0, 0.1) is 0 Å². The van der Waals surface area contributed by atoms with Crippen LogP contribution in [0.25, 0.3) is 0 Å². The van der Waals surface area contributed by atoms with Crippen LogP contribution in [-0.4, -0.2) is 47.8 Å². The molecule has 1 aromatic heterocycles. The molecule has 0 aliphatic carbocycles. The molecule has 0 aliphatic rings. The van der Waals surface area contributed by atoms with Gasteiger partial charge in [-0.2, -0.15) is 5.10 Å². The minimum absolute atomic E-state index is 0.00995. The van der Waals surface area contributed by atoms with E-state index in [1.54, 1.807) is 9.58 Å². The molecule has 0 atom stereocenters. The number of aromatic nitrogens is 2. The molecule has 1 N–H and O–H groups in total. The Hall–Kier alpha value is -1.36. The van der Waals surface area contributed by atoms with Crippen LogP contribution in [0.1, 0.15) is 37.0 Å². The zero-order valence-corrected chi connectivity index (χ0v) is 12.2. The minimum atomic E-state index is -0.0418. The van der Waals surface area contributed by atoms with E-state index >= 15 is 0 Å². The lowest BCUT2D eigenvalue weighted by Gasteiger charge is -2.16. The van der Waals surface area contributed by atoms with Gasteiger partial charge in [-0.05, 0) is 13.1 Å². The standard InChI is InChI=1S/C13H24N4O/c1-13(2,3)11-9-10(17(6)15-11)12(18)16(5)8-7-14-4/h9,14H,7-8H2,1-6H3. The molecule has 0 saturated carbocycles. The van der Waals surface area contributed by atoms with Gasteiger partial charge in [0.1, 0.15) is 5.69 Å². The van der Waals surface area contributed by atoms with Crippen molar-refractivity contribution in [2.45, 2.75) is 26.2 Å². The third-order valence-electron chi connectivity index (χ3n) is 2.91. The Bertz CT molecular complexity index is 417. The van der Waals surface area contributed by atoms with Crippen LogP contribution in [0.3, 0.4) is 0 Å². The van der Waals surface area contributed by atoms with Crippen molar-refractivity contribution in [2.75, 3.05) is 27.2 Å². The molecule has 5 heteroatoms. The second-order valence-electron chi connectivity index (χ2n) is 5.62. The number of nitrogens with one attached hydrogen (secondary N) is 1. The van der Waals surface area contributed by atoms with Crippen LogP contribution in [0.5, 0.6) is 0 Å². The van der Waals surface area contributed by atoms with E-state index in [-0.39, 0.29) is 11.3 Å². The van der Waals surface area contributed by atoms with E-state index in [0.717, 1.165) is 12.2 Å². The Balaban J connectivity index is 2.90. The molecule has 1 heterocycles. The summed E-state index contributed by atoms with van der Waals surface area (Å²) in [7, 11) is 5.50. The third kappa shape index (κ3) is 3.32. The summed E-state index contributed by atoms with van der Waals surface area (Å²) in [4.78, 5) is 14.0. The fraction of sp³-hybridized carbons (Fsp3) is 0.692. The smallest absolute Gasteiger partial charge is 0.271 e. The van der Waals surface area contributed by atoms with E-state index in [1.165, 1.54) is 0 Å². The predicted molar refractivity (Wildman–Crippen MR) is 72.8 cm³/mol. The lowest BCUT2D eigenvalue weighted by Crippen LogP contribution is -2.33. The lowest BCUT2D eigenvalue weighted by molar-refractivity contribution is 0.0786. The summed E-state index contributed by atoms with van der Waals surface area (Å²) < 4.78 is 1.67. The van der Waals surface area contributed by atoms with Gasteiger partial charge in [-0.3, -0.25) is 9.48 Å². The van der Waals surface area contributed by atoms with Gasteiger partial charge >= 0.3 is 0 Å². The van der Waals surface area contributed by atoms with Gasteiger partial charge in [-0.1, -0.05) is 20.8 Å². The van der Waals surface area contributed by atoms with Crippen LogP contribution in [-0.2, 0) is 12.5 Å². The Morgan fingerprint density at radius 1 is 1.50 bits per heavy atom. The van der Waals surface area contributed by atoms with Gasteiger partial charge in [-0.15, -0.1) is 0 Å². The van der Waals surface area contributed by atoms with Crippen LogP contribution >= 0.6 is 0 Å². The SMILES string of the molecule is CNCCN(C)C(=O)c1cc(C(C)(C)C)nn1C. The average molecular weight is 252 g/mol. The van der Waals surface area contributed by atoms with E-state index < -0.39 is 0 Å². The molecule has 0 spiro atoms. The van der Waals surface area contributed by atoms with E-state index in [9.17, 15) is 4.79 Å². The predicted octanol–water partition coefficient (Wildman–Crippen LogP) is 1.01. The molecule has 0 saturated heterocycles. The molecular formula is C13H24N4O. The van der Waals surface area contributed by atoms with Crippen LogP contribution in [0.2, 0.25) is 0 Å². The molecule has 0 aliphatic heterocycles. The van der Waals surface area contributed by atoms with Gasteiger partial charge in [0.15, 0.2) is 0 Å². The number of nitrogens with zero attached hydrogens (tertiary/aromatic N) is 3. The number of amides is 1. The summed E-state index contributed by atoms with van der Waals surface area (Å²) in [5, 5.41) is 7.45. The first kappa shape index (κ1) is 14.7. The van der Waals surface area contributed by atoms with E-state index in [1.807, 2.05) is 27.2 Å². The van der Waals surface area contributed by atoms with Gasteiger partial charge in [0.25, 0.3) is 5.91 Å². The Kier molecular flexibility index (Phi) is 4.51. The maximum Gasteiger partial charge on any atom is 0.271 e. The van der Waals surface area contributed by atoms with Gasteiger partial charge in [0.05, 0.1) is 5.69 Å². The number of likely N-dealkylation sites (N-methyl/N-ethyl adjacent to an activating group) is 2. The molecular weight excluding hydrogens is 228 g/mol. The van der Waals surface area contributed by atoms with Crippen molar-refractivity contribution in [3.63, 3.8) is 0 Å². The highest BCUT2D eigenvalue weighted by atomic mass is 16.2. The molecule has 5 nitrogen and oxygen atoms in total. The molecule has 0 fully saturated rings. The van der Waals surface area contributed by atoms with Crippen molar-refractivity contribution in [1.29, 1.82) is 0 Å². The van der Waals surface area contributed by atoms with E-state index in [2.05, 4.69) is 31.2 Å². The number of carbonyl (C=O) groups is 1. The van der Waals surface area contributed by atoms with Gasteiger partial charge in [-0.25, -0.2) is 0 Å². The number of aryl methyl sites for hydroxylation is 1. The lowest BCUT2D eigenvalue weighted by atomic mass is 9.92. The molecule has 1 rings (SSSR count). The van der Waals surface area contributed by atoms with Crippen LogP contribution in [0.15, 0.2) is 6.07 Å². The molecule has 1 aromatic rings. The molecule has 0 bridgehead atoms. The zero-order valence-electron chi connectivity index (χ0n) is 12.2. The average Bonchev–Trinajstić information content (AvgIpc) is 2.66. The Morgan fingerprint density at radius 2 is 2.11 bits per heavy atom. The molecule has 1 amide bonds. The van der Waals surface area contributed by atoms with Gasteiger partial charge in [0.2, 0.25) is 0 Å². The van der Waals surface area contributed by atoms with Gasteiger partial charge < -0.3 is 10.2 Å². The topological polar surface area (TPSA) is 50.2 Å². The van der Waals surface area contributed by atoms with E-state index in [0.29, 0.717) is 12.2 Å². The monoisotopic (exact) mass is 252 g/mol. The molecule has 18 heavy (non-hydrogen) atoms. The number of hydrogen-bond donors (Lipinski definition) is 1. The Labute approximate surface area is 109 Å². The first-order valence-electron chi connectivity index (χ1n) is 6.22. The summed E-state index contributed by atoms with van der Waals surface area (Å²) in [6.07, 6.45) is 0. The summed E-state index contributed by atoms with van der Waals surface area (Å²) in [5.41, 5.74) is 1.54. The molecule has 0 radical (unpaired) electrons. The Morgan fingerprint density at radius 3 is 2.56 bits per heavy atom. The van der Waals surface area contributed by atoms with Crippen molar-refractivity contribution >= 4 is 5.91 Å². The highest BCUT2D eigenvalue weighted by Crippen LogP contribution is 2.21. The summed E-state index contributed by atoms with van der Waals surface area (Å²) in [5.74, 6) is 0.00995. The first-order chi connectivity index (χ1) is 8.27. The quantitative estimate of drug-likeness (QED) is 0.870. The highest BCUT2D eigenvalue weighted by molar-refractivity contribution is 5.92. The minimum Gasteiger partial charge on any atom is -0.339 e. The van der Waals surface area contributed by atoms with Crippen molar-refractivity contribution in [1.82, 2.24) is 20.0 Å². The maximum atomic E-state index is 12.2. The normalized spacial score (nSPS) is 11.7. The van der Waals surface area contributed by atoms with Crippen molar-refractivity contribution in [3.8, 4) is 0 Å². The third-order valence-corrected chi connectivity index (χ3v) is 2.91. The second kappa shape index (κ2) is 5.52. The van der Waals surface area contributed by atoms with Crippen molar-refractivity contribution in [3.05, 3.63) is 17.5 Å². The largest absolute Gasteiger partial charge is 0.339 e. The number of carbonyl (C=O) groups excluding carboxylic acids is 1. The van der Waals surface area contributed by atoms with Gasteiger partial charge in [0, 0.05) is 32.6 Å². The molecule has 102 valence electrons. The number of rotatable bonds is 4. The van der Waals surface area contributed by atoms with Crippen molar-refractivity contribution < 1.29 is 4.79 Å². The zero-order chi connectivity index (χ0) is 13.9. The first-order valence-corrected chi connectivity index (χ1v) is 6.22.